The largest absolute Gasteiger partial charge is 0.507 e. The number of aliphatic hydroxyl groups is 1. The van der Waals surface area contributed by atoms with Crippen molar-refractivity contribution >= 4 is 6.08 Å². The minimum absolute atomic E-state index is 0.106. The molecule has 0 fully saturated rings. The molecule has 2 N–H and O–H groups in total. The Morgan fingerprint density at radius 3 is 2.62 bits per heavy atom. The van der Waals surface area contributed by atoms with Gasteiger partial charge in [-0.15, -0.1) is 0 Å². The standard InChI is InChI=1S/C13H16O3/c1-8-6-10-11(16-13(8,2)3)5-4-9(7-14)12(10)15/h4-6,14-15H,7H2,1-3H3. The molecule has 3 heteroatoms. The Morgan fingerprint density at radius 1 is 1.31 bits per heavy atom. The summed E-state index contributed by atoms with van der Waals surface area (Å²) in [4.78, 5) is 0. The van der Waals surface area contributed by atoms with Gasteiger partial charge >= 0.3 is 0 Å². The maximum atomic E-state index is 9.94. The molecule has 0 bridgehead atoms. The number of hydrogen-bond acceptors (Lipinski definition) is 3. The van der Waals surface area contributed by atoms with Crippen LogP contribution in [0, 0.1) is 0 Å². The van der Waals surface area contributed by atoms with Crippen molar-refractivity contribution in [1.82, 2.24) is 0 Å². The van der Waals surface area contributed by atoms with E-state index < -0.39 is 0 Å². The molecule has 0 aliphatic carbocycles. The molecule has 0 aromatic heterocycles. The highest BCUT2D eigenvalue weighted by atomic mass is 16.5. The second kappa shape index (κ2) is 3.52. The molecule has 1 aliphatic heterocycles. The Kier molecular flexibility index (Phi) is 2.43. The molecule has 1 aromatic carbocycles. The smallest absolute Gasteiger partial charge is 0.132 e. The maximum absolute atomic E-state index is 9.94. The van der Waals surface area contributed by atoms with Crippen LogP contribution >= 0.6 is 0 Å². The zero-order valence-electron chi connectivity index (χ0n) is 9.74. The first-order chi connectivity index (χ1) is 7.45. The van der Waals surface area contributed by atoms with Gasteiger partial charge in [0.2, 0.25) is 0 Å². The van der Waals surface area contributed by atoms with Gasteiger partial charge < -0.3 is 14.9 Å². The summed E-state index contributed by atoms with van der Waals surface area (Å²) in [6.45, 7) is 5.76. The van der Waals surface area contributed by atoms with Crippen molar-refractivity contribution in [3.63, 3.8) is 0 Å². The molecule has 86 valence electrons. The lowest BCUT2D eigenvalue weighted by molar-refractivity contribution is 0.144. The van der Waals surface area contributed by atoms with Gasteiger partial charge in [0.15, 0.2) is 0 Å². The highest BCUT2D eigenvalue weighted by Gasteiger charge is 2.29. The average Bonchev–Trinajstić information content (AvgIpc) is 2.21. The van der Waals surface area contributed by atoms with Gasteiger partial charge in [-0.3, -0.25) is 0 Å². The summed E-state index contributed by atoms with van der Waals surface area (Å²) in [6.07, 6.45) is 1.91. The Morgan fingerprint density at radius 2 is 2.00 bits per heavy atom. The first-order valence-corrected chi connectivity index (χ1v) is 5.29. The molecule has 0 atom stereocenters. The number of rotatable bonds is 1. The fourth-order valence-corrected chi connectivity index (χ4v) is 1.74. The lowest BCUT2D eigenvalue weighted by Gasteiger charge is -2.32. The molecule has 0 saturated carbocycles. The molecular formula is C13H16O3. The highest BCUT2D eigenvalue weighted by molar-refractivity contribution is 5.70. The second-order valence-corrected chi connectivity index (χ2v) is 4.58. The van der Waals surface area contributed by atoms with E-state index in [0.29, 0.717) is 16.9 Å². The minimum Gasteiger partial charge on any atom is -0.507 e. The van der Waals surface area contributed by atoms with Crippen LogP contribution < -0.4 is 4.74 Å². The molecular weight excluding hydrogens is 204 g/mol. The average molecular weight is 220 g/mol. The van der Waals surface area contributed by atoms with Gasteiger partial charge in [-0.05, 0) is 44.6 Å². The molecule has 0 amide bonds. The lowest BCUT2D eigenvalue weighted by Crippen LogP contribution is -2.32. The quantitative estimate of drug-likeness (QED) is 0.764. The van der Waals surface area contributed by atoms with E-state index in [-0.39, 0.29) is 18.0 Å². The van der Waals surface area contributed by atoms with Gasteiger partial charge in [0.05, 0.1) is 12.2 Å². The molecule has 0 saturated heterocycles. The number of fused-ring (bicyclic) bond motifs is 1. The Bertz CT molecular complexity index is 458. The minimum atomic E-state index is -0.347. The molecule has 1 aliphatic rings. The molecule has 1 aromatic rings. The van der Waals surface area contributed by atoms with E-state index in [1.54, 1.807) is 12.1 Å². The highest BCUT2D eigenvalue weighted by Crippen LogP contribution is 2.40. The fourth-order valence-electron chi connectivity index (χ4n) is 1.74. The summed E-state index contributed by atoms with van der Waals surface area (Å²) < 4.78 is 5.80. The second-order valence-electron chi connectivity index (χ2n) is 4.58. The van der Waals surface area contributed by atoms with E-state index in [1.807, 2.05) is 26.8 Å². The van der Waals surface area contributed by atoms with Crippen LogP contribution in [-0.4, -0.2) is 15.8 Å². The predicted molar refractivity (Wildman–Crippen MR) is 62.4 cm³/mol. The van der Waals surface area contributed by atoms with Gasteiger partial charge in [-0.25, -0.2) is 0 Å². The molecule has 16 heavy (non-hydrogen) atoms. The summed E-state index contributed by atoms with van der Waals surface area (Å²) in [7, 11) is 0. The Hall–Kier alpha value is -1.48. The normalized spacial score (nSPS) is 17.4. The van der Waals surface area contributed by atoms with Gasteiger partial charge in [-0.2, -0.15) is 0 Å². The third-order valence-electron chi connectivity index (χ3n) is 3.11. The SMILES string of the molecule is CC1=Cc2c(ccc(CO)c2O)OC1(C)C. The number of ether oxygens (including phenoxy) is 1. The van der Waals surface area contributed by atoms with E-state index >= 15 is 0 Å². The number of aromatic hydroxyl groups is 1. The zero-order valence-corrected chi connectivity index (χ0v) is 9.74. The summed E-state index contributed by atoms with van der Waals surface area (Å²) >= 11 is 0. The van der Waals surface area contributed by atoms with Crippen LogP contribution in [0.4, 0.5) is 0 Å². The van der Waals surface area contributed by atoms with Crippen molar-refractivity contribution in [2.75, 3.05) is 0 Å². The van der Waals surface area contributed by atoms with Crippen LogP contribution in [0.5, 0.6) is 11.5 Å². The molecule has 1 heterocycles. The van der Waals surface area contributed by atoms with Crippen molar-refractivity contribution in [1.29, 1.82) is 0 Å². The Labute approximate surface area is 95.0 Å². The third-order valence-corrected chi connectivity index (χ3v) is 3.11. The van der Waals surface area contributed by atoms with Gasteiger partial charge in [-0.1, -0.05) is 0 Å². The van der Waals surface area contributed by atoms with Gasteiger partial charge in [0.25, 0.3) is 0 Å². The predicted octanol–water partition coefficient (Wildman–Crippen LogP) is 2.46. The maximum Gasteiger partial charge on any atom is 0.132 e. The summed E-state index contributed by atoms with van der Waals surface area (Å²) in [5.74, 6) is 0.764. The molecule has 0 radical (unpaired) electrons. The lowest BCUT2D eigenvalue weighted by atomic mass is 9.92. The van der Waals surface area contributed by atoms with Crippen LogP contribution in [0.15, 0.2) is 17.7 Å². The van der Waals surface area contributed by atoms with Crippen molar-refractivity contribution in [2.45, 2.75) is 33.0 Å². The summed E-state index contributed by atoms with van der Waals surface area (Å²) in [5.41, 5.74) is 1.88. The molecule has 0 unspecified atom stereocenters. The number of hydrogen-bond donors (Lipinski definition) is 2. The zero-order chi connectivity index (χ0) is 11.9. The molecule has 0 spiro atoms. The van der Waals surface area contributed by atoms with Crippen molar-refractivity contribution in [3.05, 3.63) is 28.8 Å². The Balaban J connectivity index is 2.59. The van der Waals surface area contributed by atoms with Crippen molar-refractivity contribution in [3.8, 4) is 11.5 Å². The van der Waals surface area contributed by atoms with Crippen LogP contribution in [0.3, 0.4) is 0 Å². The van der Waals surface area contributed by atoms with Crippen LogP contribution in [0.25, 0.3) is 6.08 Å². The summed E-state index contributed by atoms with van der Waals surface area (Å²) in [5, 5.41) is 19.0. The topological polar surface area (TPSA) is 49.7 Å². The monoisotopic (exact) mass is 220 g/mol. The van der Waals surface area contributed by atoms with E-state index in [4.69, 9.17) is 9.84 Å². The molecule has 3 nitrogen and oxygen atoms in total. The van der Waals surface area contributed by atoms with Gasteiger partial charge in [0, 0.05) is 5.56 Å². The van der Waals surface area contributed by atoms with Crippen LogP contribution in [0.1, 0.15) is 31.9 Å². The van der Waals surface area contributed by atoms with E-state index in [9.17, 15) is 5.11 Å². The van der Waals surface area contributed by atoms with E-state index in [0.717, 1.165) is 5.57 Å². The first kappa shape index (κ1) is 11.0. The number of benzene rings is 1. The third kappa shape index (κ3) is 1.57. The van der Waals surface area contributed by atoms with Gasteiger partial charge in [0.1, 0.15) is 17.1 Å². The van der Waals surface area contributed by atoms with E-state index in [2.05, 4.69) is 0 Å². The van der Waals surface area contributed by atoms with Crippen molar-refractivity contribution in [2.24, 2.45) is 0 Å². The first-order valence-electron chi connectivity index (χ1n) is 5.29. The van der Waals surface area contributed by atoms with E-state index in [1.165, 1.54) is 0 Å². The van der Waals surface area contributed by atoms with Crippen LogP contribution in [-0.2, 0) is 6.61 Å². The van der Waals surface area contributed by atoms with Crippen molar-refractivity contribution < 1.29 is 14.9 Å². The molecule has 2 rings (SSSR count). The number of aliphatic hydroxyl groups excluding tert-OH is 1. The fraction of sp³-hybridized carbons (Fsp3) is 0.385. The summed E-state index contributed by atoms with van der Waals surface area (Å²) in [6, 6.07) is 3.46. The van der Waals surface area contributed by atoms with Crippen LogP contribution in [0.2, 0.25) is 0 Å². The number of phenols is 1.